The minimum Gasteiger partial charge on any atom is -0.329 e. The fourth-order valence-corrected chi connectivity index (χ4v) is 4.17. The van der Waals surface area contributed by atoms with Crippen LogP contribution in [-0.4, -0.2) is 49.1 Å². The molecule has 1 aromatic rings. The Hall–Kier alpha value is -0.970. The Morgan fingerprint density at radius 2 is 2.19 bits per heavy atom. The fourth-order valence-electron chi connectivity index (χ4n) is 4.17. The molecule has 2 N–H and O–H groups in total. The zero-order chi connectivity index (χ0) is 14.8. The van der Waals surface area contributed by atoms with Gasteiger partial charge in [0.1, 0.15) is 5.82 Å². The summed E-state index contributed by atoms with van der Waals surface area (Å²) in [5.74, 6) is 0.568. The van der Waals surface area contributed by atoms with Crippen molar-refractivity contribution in [2.24, 2.45) is 11.7 Å². The lowest BCUT2D eigenvalue weighted by Gasteiger charge is -2.48. The number of halogens is 1. The minimum absolute atomic E-state index is 0.147. The van der Waals surface area contributed by atoms with Crippen LogP contribution in [0.3, 0.4) is 0 Å². The van der Waals surface area contributed by atoms with Crippen molar-refractivity contribution in [2.75, 3.05) is 33.2 Å². The summed E-state index contributed by atoms with van der Waals surface area (Å²) in [5.41, 5.74) is 7.02. The van der Waals surface area contributed by atoms with Gasteiger partial charge in [0.05, 0.1) is 0 Å². The lowest BCUT2D eigenvalue weighted by molar-refractivity contribution is 0.0211. The SMILES string of the molecule is CN1CCCC2CN(C(CN)c3cccc(F)c3)CCC21. The van der Waals surface area contributed by atoms with Gasteiger partial charge in [-0.2, -0.15) is 0 Å². The average Bonchev–Trinajstić information content (AvgIpc) is 2.48. The van der Waals surface area contributed by atoms with Gasteiger partial charge in [-0.3, -0.25) is 4.90 Å². The third-order valence-corrected chi connectivity index (χ3v) is 5.27. The molecule has 3 rings (SSSR count). The Labute approximate surface area is 126 Å². The minimum atomic E-state index is -0.168. The van der Waals surface area contributed by atoms with Gasteiger partial charge in [-0.15, -0.1) is 0 Å². The molecular weight excluding hydrogens is 265 g/mol. The number of fused-ring (bicyclic) bond motifs is 1. The van der Waals surface area contributed by atoms with E-state index in [0.717, 1.165) is 30.6 Å². The summed E-state index contributed by atoms with van der Waals surface area (Å²) in [5, 5.41) is 0. The zero-order valence-electron chi connectivity index (χ0n) is 12.8. The van der Waals surface area contributed by atoms with Crippen LogP contribution in [0.4, 0.5) is 4.39 Å². The van der Waals surface area contributed by atoms with E-state index in [-0.39, 0.29) is 11.9 Å². The van der Waals surface area contributed by atoms with Crippen molar-refractivity contribution in [3.05, 3.63) is 35.6 Å². The molecule has 21 heavy (non-hydrogen) atoms. The molecule has 0 saturated carbocycles. The molecule has 0 spiro atoms. The van der Waals surface area contributed by atoms with Crippen LogP contribution in [0.1, 0.15) is 30.9 Å². The van der Waals surface area contributed by atoms with Crippen molar-refractivity contribution in [3.8, 4) is 0 Å². The van der Waals surface area contributed by atoms with Crippen LogP contribution in [0.2, 0.25) is 0 Å². The summed E-state index contributed by atoms with van der Waals surface area (Å²) >= 11 is 0. The number of hydrogen-bond donors (Lipinski definition) is 1. The predicted octanol–water partition coefficient (Wildman–Crippen LogP) is 2.24. The molecule has 2 saturated heterocycles. The standard InChI is InChI=1S/C17H26FN3/c1-20-8-3-5-14-12-21(9-7-16(14)20)17(11-19)13-4-2-6-15(18)10-13/h2,4,6,10,14,16-17H,3,5,7-9,11-12,19H2,1H3. The molecule has 0 aliphatic carbocycles. The first-order chi connectivity index (χ1) is 10.2. The maximum Gasteiger partial charge on any atom is 0.123 e. The number of nitrogens with zero attached hydrogens (tertiary/aromatic N) is 2. The van der Waals surface area contributed by atoms with Gasteiger partial charge >= 0.3 is 0 Å². The Morgan fingerprint density at radius 3 is 2.95 bits per heavy atom. The second kappa shape index (κ2) is 6.42. The van der Waals surface area contributed by atoms with Crippen molar-refractivity contribution in [1.82, 2.24) is 9.80 Å². The number of nitrogens with two attached hydrogens (primary N) is 1. The number of likely N-dealkylation sites (tertiary alicyclic amines) is 2. The molecule has 2 heterocycles. The van der Waals surface area contributed by atoms with E-state index >= 15 is 0 Å². The van der Waals surface area contributed by atoms with E-state index in [9.17, 15) is 4.39 Å². The highest BCUT2D eigenvalue weighted by Gasteiger charge is 2.36. The summed E-state index contributed by atoms with van der Waals surface area (Å²) < 4.78 is 13.5. The van der Waals surface area contributed by atoms with Crippen molar-refractivity contribution in [3.63, 3.8) is 0 Å². The van der Waals surface area contributed by atoms with E-state index in [0.29, 0.717) is 6.54 Å². The Balaban J connectivity index is 1.74. The second-order valence-corrected chi connectivity index (χ2v) is 6.54. The second-order valence-electron chi connectivity index (χ2n) is 6.54. The summed E-state index contributed by atoms with van der Waals surface area (Å²) in [4.78, 5) is 4.99. The Morgan fingerprint density at radius 1 is 1.33 bits per heavy atom. The monoisotopic (exact) mass is 291 g/mol. The summed E-state index contributed by atoms with van der Waals surface area (Å²) in [7, 11) is 2.25. The quantitative estimate of drug-likeness (QED) is 0.927. The van der Waals surface area contributed by atoms with E-state index < -0.39 is 0 Å². The molecule has 3 nitrogen and oxygen atoms in total. The summed E-state index contributed by atoms with van der Waals surface area (Å²) in [6, 6.07) is 7.79. The maximum atomic E-state index is 13.5. The van der Waals surface area contributed by atoms with E-state index in [2.05, 4.69) is 16.8 Å². The Kier molecular flexibility index (Phi) is 4.57. The molecule has 4 heteroatoms. The van der Waals surface area contributed by atoms with Crippen molar-refractivity contribution < 1.29 is 4.39 Å². The fraction of sp³-hybridized carbons (Fsp3) is 0.647. The molecule has 2 aliphatic heterocycles. The molecule has 2 aliphatic rings. The smallest absolute Gasteiger partial charge is 0.123 e. The normalized spacial score (nSPS) is 29.1. The molecule has 0 radical (unpaired) electrons. The zero-order valence-corrected chi connectivity index (χ0v) is 12.8. The molecule has 116 valence electrons. The van der Waals surface area contributed by atoms with Crippen molar-refractivity contribution >= 4 is 0 Å². The van der Waals surface area contributed by atoms with E-state index in [1.54, 1.807) is 12.1 Å². The first kappa shape index (κ1) is 14.9. The van der Waals surface area contributed by atoms with E-state index in [1.807, 2.05) is 6.07 Å². The molecule has 0 bridgehead atoms. The van der Waals surface area contributed by atoms with Crippen molar-refractivity contribution in [1.29, 1.82) is 0 Å². The third kappa shape index (κ3) is 3.12. The third-order valence-electron chi connectivity index (χ3n) is 5.27. The predicted molar refractivity (Wildman–Crippen MR) is 83.5 cm³/mol. The van der Waals surface area contributed by atoms with Gasteiger partial charge in [-0.1, -0.05) is 12.1 Å². The highest BCUT2D eigenvalue weighted by atomic mass is 19.1. The first-order valence-electron chi connectivity index (χ1n) is 8.09. The molecule has 3 atom stereocenters. The van der Waals surface area contributed by atoms with Gasteiger partial charge in [0.15, 0.2) is 0 Å². The van der Waals surface area contributed by atoms with Crippen LogP contribution in [-0.2, 0) is 0 Å². The summed E-state index contributed by atoms with van der Waals surface area (Å²) in [6.07, 6.45) is 3.80. The van der Waals surface area contributed by atoms with Crippen LogP contribution < -0.4 is 5.73 Å². The van der Waals surface area contributed by atoms with Crippen LogP contribution in [0.5, 0.6) is 0 Å². The maximum absolute atomic E-state index is 13.5. The highest BCUT2D eigenvalue weighted by Crippen LogP contribution is 2.33. The molecule has 2 fully saturated rings. The van der Waals surface area contributed by atoms with Crippen LogP contribution in [0.25, 0.3) is 0 Å². The number of hydrogen-bond acceptors (Lipinski definition) is 3. The van der Waals surface area contributed by atoms with Gasteiger partial charge in [0.25, 0.3) is 0 Å². The number of piperidine rings is 2. The number of rotatable bonds is 3. The lowest BCUT2D eigenvalue weighted by atomic mass is 9.83. The first-order valence-corrected chi connectivity index (χ1v) is 8.09. The van der Waals surface area contributed by atoms with Gasteiger partial charge in [-0.05, 0) is 56.5 Å². The largest absolute Gasteiger partial charge is 0.329 e. The van der Waals surface area contributed by atoms with Gasteiger partial charge in [-0.25, -0.2) is 4.39 Å². The van der Waals surface area contributed by atoms with Crippen LogP contribution in [0, 0.1) is 11.7 Å². The van der Waals surface area contributed by atoms with Crippen LogP contribution >= 0.6 is 0 Å². The molecule has 3 unspecified atom stereocenters. The van der Waals surface area contributed by atoms with Crippen molar-refractivity contribution in [2.45, 2.75) is 31.3 Å². The highest BCUT2D eigenvalue weighted by molar-refractivity contribution is 5.21. The molecule has 0 aromatic heterocycles. The molecule has 1 aromatic carbocycles. The van der Waals surface area contributed by atoms with Gasteiger partial charge < -0.3 is 10.6 Å². The van der Waals surface area contributed by atoms with E-state index in [1.165, 1.54) is 31.9 Å². The van der Waals surface area contributed by atoms with Crippen LogP contribution in [0.15, 0.2) is 24.3 Å². The molecular formula is C17H26FN3. The lowest BCUT2D eigenvalue weighted by Crippen LogP contribution is -2.53. The number of benzene rings is 1. The average molecular weight is 291 g/mol. The van der Waals surface area contributed by atoms with Gasteiger partial charge in [0.2, 0.25) is 0 Å². The van der Waals surface area contributed by atoms with E-state index in [4.69, 9.17) is 5.73 Å². The topological polar surface area (TPSA) is 32.5 Å². The summed E-state index contributed by atoms with van der Waals surface area (Å²) in [6.45, 7) is 3.93. The molecule has 0 amide bonds. The van der Waals surface area contributed by atoms with Gasteiger partial charge in [0, 0.05) is 31.7 Å². The Bertz CT molecular complexity index is 479.